The number of rotatable bonds is 3. The highest BCUT2D eigenvalue weighted by molar-refractivity contribution is 5.97. The van der Waals surface area contributed by atoms with Gasteiger partial charge in [0.15, 0.2) is 0 Å². The average Bonchev–Trinajstić information content (AvgIpc) is 2.57. The Morgan fingerprint density at radius 3 is 2.13 bits per heavy atom. The normalized spacial score (nSPS) is 13.2. The van der Waals surface area contributed by atoms with Crippen LogP contribution in [0.1, 0.15) is 57.0 Å². The number of morpholine rings is 1. The number of carbonyl (C=O) groups excluding carboxylic acids is 2. The molecule has 2 rings (SSSR count). The molecule has 23 heavy (non-hydrogen) atoms. The molecule has 1 heterocycles. The van der Waals surface area contributed by atoms with Crippen molar-refractivity contribution in [2.45, 2.75) is 47.5 Å². The van der Waals surface area contributed by atoms with E-state index in [2.05, 4.69) is 13.8 Å². The molecule has 4 nitrogen and oxygen atoms in total. The number of Topliss-reactive ketones (excluding diaryl/α,β-unsaturated/α-hetero) is 1. The van der Waals surface area contributed by atoms with Crippen molar-refractivity contribution in [1.82, 2.24) is 4.90 Å². The smallest absolute Gasteiger partial charge is 0.254 e. The molecule has 0 aliphatic carbocycles. The zero-order valence-corrected chi connectivity index (χ0v) is 15.2. The highest BCUT2D eigenvalue weighted by atomic mass is 16.5. The lowest BCUT2D eigenvalue weighted by Crippen LogP contribution is -2.41. The monoisotopic (exact) mass is 321 g/mol. The second-order valence-corrected chi connectivity index (χ2v) is 5.15. The number of ether oxygens (including phenoxy) is 1. The van der Waals surface area contributed by atoms with E-state index in [0.29, 0.717) is 38.3 Å². The largest absolute Gasteiger partial charge is 0.378 e. The van der Waals surface area contributed by atoms with Crippen LogP contribution in [0.2, 0.25) is 0 Å². The van der Waals surface area contributed by atoms with Crippen LogP contribution in [0.3, 0.4) is 0 Å². The topological polar surface area (TPSA) is 46.6 Å². The number of carbonyl (C=O) groups is 2. The van der Waals surface area contributed by atoms with Crippen LogP contribution in [0.4, 0.5) is 0 Å². The van der Waals surface area contributed by atoms with Gasteiger partial charge in [0.05, 0.1) is 13.2 Å². The zero-order valence-electron chi connectivity index (χ0n) is 15.2. The van der Waals surface area contributed by atoms with Crippen molar-refractivity contribution in [3.8, 4) is 0 Å². The van der Waals surface area contributed by atoms with E-state index in [1.54, 1.807) is 11.0 Å². The highest BCUT2D eigenvalue weighted by Crippen LogP contribution is 2.14. The van der Waals surface area contributed by atoms with Crippen LogP contribution < -0.4 is 0 Å². The average molecular weight is 321 g/mol. The van der Waals surface area contributed by atoms with E-state index in [1.165, 1.54) is 13.3 Å². The van der Waals surface area contributed by atoms with Crippen LogP contribution in [0, 0.1) is 0 Å². The van der Waals surface area contributed by atoms with Gasteiger partial charge in [-0.25, -0.2) is 0 Å². The maximum absolute atomic E-state index is 12.4. The third kappa shape index (κ3) is 7.93. The summed E-state index contributed by atoms with van der Waals surface area (Å²) >= 11 is 0. The molecule has 4 heteroatoms. The molecule has 1 saturated heterocycles. The molecule has 0 spiro atoms. The lowest BCUT2D eigenvalue weighted by molar-refractivity contribution is -0.116. The summed E-state index contributed by atoms with van der Waals surface area (Å²) in [5, 5.41) is 0. The minimum absolute atomic E-state index is 0.00449. The van der Waals surface area contributed by atoms with Gasteiger partial charge in [-0.15, -0.1) is 0 Å². The molecule has 1 amide bonds. The minimum atomic E-state index is -0.00449. The van der Waals surface area contributed by atoms with E-state index >= 15 is 0 Å². The van der Waals surface area contributed by atoms with Gasteiger partial charge in [0.2, 0.25) is 0 Å². The second kappa shape index (κ2) is 12.8. The molecule has 0 aromatic heterocycles. The SMILES string of the molecule is CC.CC(=O)Cc1ccccc1C(=O)N1CCOCC1.CCC. The van der Waals surface area contributed by atoms with Gasteiger partial charge in [-0.3, -0.25) is 9.59 Å². The third-order valence-electron chi connectivity index (χ3n) is 2.99. The lowest BCUT2D eigenvalue weighted by Gasteiger charge is -2.27. The Kier molecular flexibility index (Phi) is 11.9. The van der Waals surface area contributed by atoms with Crippen molar-refractivity contribution in [2.75, 3.05) is 26.3 Å². The Morgan fingerprint density at radius 1 is 1.09 bits per heavy atom. The minimum Gasteiger partial charge on any atom is -0.378 e. The van der Waals surface area contributed by atoms with E-state index < -0.39 is 0 Å². The van der Waals surface area contributed by atoms with Crippen molar-refractivity contribution in [2.24, 2.45) is 0 Å². The molecule has 1 aliphatic rings. The van der Waals surface area contributed by atoms with Crippen LogP contribution in [0.25, 0.3) is 0 Å². The Morgan fingerprint density at radius 2 is 1.61 bits per heavy atom. The first-order chi connectivity index (χ1) is 11.1. The summed E-state index contributed by atoms with van der Waals surface area (Å²) in [6.07, 6.45) is 1.56. The van der Waals surface area contributed by atoms with Gasteiger partial charge in [0, 0.05) is 25.1 Å². The molecule has 1 aromatic carbocycles. The summed E-state index contributed by atoms with van der Waals surface area (Å²) in [6.45, 7) is 12.2. The van der Waals surface area contributed by atoms with Crippen LogP contribution in [-0.2, 0) is 16.0 Å². The fourth-order valence-electron chi connectivity index (χ4n) is 2.09. The highest BCUT2D eigenvalue weighted by Gasteiger charge is 2.20. The molecule has 130 valence electrons. The first-order valence-electron chi connectivity index (χ1n) is 8.54. The van der Waals surface area contributed by atoms with Crippen LogP contribution >= 0.6 is 0 Å². The van der Waals surface area contributed by atoms with Gasteiger partial charge >= 0.3 is 0 Å². The van der Waals surface area contributed by atoms with Gasteiger partial charge < -0.3 is 9.64 Å². The Balaban J connectivity index is 0.000000868. The summed E-state index contributed by atoms with van der Waals surface area (Å²) in [6, 6.07) is 7.32. The predicted octanol–water partition coefficient (Wildman–Crippen LogP) is 3.73. The number of ketones is 1. The van der Waals surface area contributed by atoms with Crippen molar-refractivity contribution >= 4 is 11.7 Å². The van der Waals surface area contributed by atoms with E-state index in [1.807, 2.05) is 32.0 Å². The summed E-state index contributed by atoms with van der Waals surface area (Å²) in [4.78, 5) is 25.4. The van der Waals surface area contributed by atoms with Gasteiger partial charge in [0.25, 0.3) is 5.91 Å². The first kappa shape index (κ1) is 21.3. The van der Waals surface area contributed by atoms with Crippen molar-refractivity contribution in [3.63, 3.8) is 0 Å². The summed E-state index contributed by atoms with van der Waals surface area (Å²) in [5.41, 5.74) is 1.44. The van der Waals surface area contributed by atoms with E-state index in [9.17, 15) is 9.59 Å². The quantitative estimate of drug-likeness (QED) is 0.852. The molecule has 1 fully saturated rings. The van der Waals surface area contributed by atoms with Crippen LogP contribution in [0.5, 0.6) is 0 Å². The molecule has 0 radical (unpaired) electrons. The molecule has 0 saturated carbocycles. The second-order valence-electron chi connectivity index (χ2n) is 5.15. The standard InChI is InChI=1S/C14H17NO3.C3H8.C2H6/c1-11(16)10-12-4-2-3-5-13(12)14(17)15-6-8-18-9-7-15;1-3-2;1-2/h2-5H,6-10H2,1H3;3H2,1-2H3;1-2H3. The van der Waals surface area contributed by atoms with Crippen LogP contribution in [0.15, 0.2) is 24.3 Å². The molecule has 1 aliphatic heterocycles. The fraction of sp³-hybridized carbons (Fsp3) is 0.579. The Bertz CT molecular complexity index is 465. The molecule has 0 unspecified atom stereocenters. The lowest BCUT2D eigenvalue weighted by atomic mass is 10.0. The van der Waals surface area contributed by atoms with Gasteiger partial charge in [0.1, 0.15) is 5.78 Å². The van der Waals surface area contributed by atoms with Crippen LogP contribution in [-0.4, -0.2) is 42.9 Å². The van der Waals surface area contributed by atoms with E-state index in [-0.39, 0.29) is 11.7 Å². The number of nitrogens with zero attached hydrogens (tertiary/aromatic N) is 1. The summed E-state index contributed by atoms with van der Waals surface area (Å²) in [7, 11) is 0. The Hall–Kier alpha value is -1.68. The molecule has 0 bridgehead atoms. The molecule has 0 N–H and O–H groups in total. The number of hydrogen-bond acceptors (Lipinski definition) is 3. The Labute approximate surface area is 140 Å². The maximum atomic E-state index is 12.4. The predicted molar refractivity (Wildman–Crippen MR) is 94.9 cm³/mol. The van der Waals surface area contributed by atoms with E-state index in [0.717, 1.165) is 5.56 Å². The number of benzene rings is 1. The molecular formula is C19H31NO3. The van der Waals surface area contributed by atoms with Gasteiger partial charge in [-0.2, -0.15) is 0 Å². The van der Waals surface area contributed by atoms with Crippen molar-refractivity contribution < 1.29 is 14.3 Å². The van der Waals surface area contributed by atoms with E-state index in [4.69, 9.17) is 4.74 Å². The fourth-order valence-corrected chi connectivity index (χ4v) is 2.09. The molecule has 1 aromatic rings. The molecule has 0 atom stereocenters. The summed E-state index contributed by atoms with van der Waals surface area (Å²) in [5.74, 6) is 0.0624. The number of hydrogen-bond donors (Lipinski definition) is 0. The van der Waals surface area contributed by atoms with Crippen molar-refractivity contribution in [1.29, 1.82) is 0 Å². The maximum Gasteiger partial charge on any atom is 0.254 e. The van der Waals surface area contributed by atoms with Gasteiger partial charge in [-0.1, -0.05) is 52.3 Å². The van der Waals surface area contributed by atoms with Gasteiger partial charge in [-0.05, 0) is 18.6 Å². The third-order valence-corrected chi connectivity index (χ3v) is 2.99. The van der Waals surface area contributed by atoms with Crippen molar-refractivity contribution in [3.05, 3.63) is 35.4 Å². The molecular weight excluding hydrogens is 290 g/mol. The zero-order chi connectivity index (χ0) is 17.7. The first-order valence-corrected chi connectivity index (χ1v) is 8.54. The summed E-state index contributed by atoms with van der Waals surface area (Å²) < 4.78 is 5.23. The number of amides is 1.